The van der Waals surface area contributed by atoms with Crippen molar-refractivity contribution in [2.45, 2.75) is 25.4 Å². The fourth-order valence-corrected chi connectivity index (χ4v) is 7.56. The van der Waals surface area contributed by atoms with Gasteiger partial charge < -0.3 is 4.57 Å². The van der Waals surface area contributed by atoms with Crippen LogP contribution >= 0.6 is 0 Å². The van der Waals surface area contributed by atoms with E-state index in [2.05, 4.69) is 132 Å². The lowest BCUT2D eigenvalue weighted by atomic mass is 9.82. The molecule has 0 bridgehead atoms. The summed E-state index contributed by atoms with van der Waals surface area (Å²) in [7, 11) is 0. The van der Waals surface area contributed by atoms with Crippen molar-refractivity contribution in [2.75, 3.05) is 0 Å². The highest BCUT2D eigenvalue weighted by Crippen LogP contribution is 2.50. The number of hydrogen-bond acceptors (Lipinski definition) is 3. The second kappa shape index (κ2) is 10.7. The number of nitriles is 1. The smallest absolute Gasteiger partial charge is 0.283 e. The number of benzene rings is 6. The van der Waals surface area contributed by atoms with Gasteiger partial charge >= 0.3 is 0 Å². The van der Waals surface area contributed by atoms with Crippen LogP contribution < -0.4 is 10.3 Å². The number of hydrogen-bond donors (Lipinski definition) is 2. The lowest BCUT2D eigenvalue weighted by Gasteiger charge is -2.21. The number of fused-ring (bicyclic) bond motifs is 6. The van der Waals surface area contributed by atoms with Crippen molar-refractivity contribution in [3.05, 3.63) is 173 Å². The van der Waals surface area contributed by atoms with Gasteiger partial charge in [-0.3, -0.25) is 0 Å². The standard InChI is InChI=1S/C43H31N5/c1-43(2)36-20-8-6-18-32(36)34-24-35-33-19-7-9-21-38(33)48(39(35)25-37(34)43)31-17-11-16-30(23-31)42-46-40(28-13-4-3-5-14-28)45-41(47-42)29-15-10-12-27(22-29)26-44/h3-25,41H,1-2H3,(H,45,46,47)/p+1. The summed E-state index contributed by atoms with van der Waals surface area (Å²) in [5, 5.41) is 15.7. The zero-order valence-corrected chi connectivity index (χ0v) is 26.7. The van der Waals surface area contributed by atoms with Gasteiger partial charge in [-0.15, -0.1) is 0 Å². The van der Waals surface area contributed by atoms with Crippen molar-refractivity contribution in [1.82, 2.24) is 9.88 Å². The topological polar surface area (TPSA) is 67.1 Å². The third-order valence-corrected chi connectivity index (χ3v) is 9.93. The van der Waals surface area contributed by atoms with E-state index < -0.39 is 0 Å². The van der Waals surface area contributed by atoms with E-state index in [1.807, 2.05) is 42.5 Å². The van der Waals surface area contributed by atoms with Crippen LogP contribution in [0.1, 0.15) is 53.4 Å². The maximum absolute atomic E-state index is 9.59. The van der Waals surface area contributed by atoms with Crippen LogP contribution in [0.3, 0.4) is 0 Å². The Balaban J connectivity index is 1.21. The van der Waals surface area contributed by atoms with Crippen molar-refractivity contribution in [3.63, 3.8) is 0 Å². The van der Waals surface area contributed by atoms with Crippen molar-refractivity contribution < 1.29 is 4.99 Å². The number of nitrogens with zero attached hydrogens (tertiary/aromatic N) is 3. The van der Waals surface area contributed by atoms with E-state index in [0.717, 1.165) is 34.0 Å². The molecule has 6 aromatic carbocycles. The normalized spacial score (nSPS) is 16.1. The van der Waals surface area contributed by atoms with E-state index in [1.165, 1.54) is 44.1 Å². The third-order valence-electron chi connectivity index (χ3n) is 9.93. The van der Waals surface area contributed by atoms with Gasteiger partial charge in [0.2, 0.25) is 12.0 Å². The molecule has 0 saturated heterocycles. The minimum absolute atomic E-state index is 0.0971. The van der Waals surface area contributed by atoms with Crippen molar-refractivity contribution in [3.8, 4) is 22.9 Å². The number of para-hydroxylation sites is 1. The molecule has 1 unspecified atom stereocenters. The van der Waals surface area contributed by atoms with Gasteiger partial charge in [-0.05, 0) is 82.9 Å². The molecule has 228 valence electrons. The second-order valence-corrected chi connectivity index (χ2v) is 13.1. The summed E-state index contributed by atoms with van der Waals surface area (Å²) in [4.78, 5) is 8.69. The summed E-state index contributed by atoms with van der Waals surface area (Å²) < 4.78 is 2.40. The quantitative estimate of drug-likeness (QED) is 0.214. The molecule has 0 fully saturated rings. The van der Waals surface area contributed by atoms with Crippen LogP contribution in [0.25, 0.3) is 38.6 Å². The van der Waals surface area contributed by atoms with Crippen molar-refractivity contribution in [1.29, 1.82) is 5.26 Å². The molecular formula is C43H32N5+. The van der Waals surface area contributed by atoms with E-state index in [-0.39, 0.29) is 11.6 Å². The molecule has 1 aromatic heterocycles. The van der Waals surface area contributed by atoms with Gasteiger partial charge in [-0.2, -0.15) is 10.3 Å². The maximum Gasteiger partial charge on any atom is 0.283 e. The highest BCUT2D eigenvalue weighted by atomic mass is 15.2. The first kappa shape index (κ1) is 28.0. The monoisotopic (exact) mass is 618 g/mol. The van der Waals surface area contributed by atoms with E-state index in [1.54, 1.807) is 0 Å². The molecule has 0 spiro atoms. The first-order chi connectivity index (χ1) is 23.5. The number of rotatable bonds is 4. The van der Waals surface area contributed by atoms with Gasteiger partial charge in [0.05, 0.1) is 28.2 Å². The maximum atomic E-state index is 9.59. The van der Waals surface area contributed by atoms with Gasteiger partial charge in [-0.25, -0.2) is 10.3 Å². The number of aliphatic imine (C=N–C) groups is 1. The fourth-order valence-electron chi connectivity index (χ4n) is 7.56. The van der Waals surface area contributed by atoms with Crippen LogP contribution in [0.15, 0.2) is 145 Å². The van der Waals surface area contributed by atoms with Crippen LogP contribution in [0.4, 0.5) is 0 Å². The van der Waals surface area contributed by atoms with Gasteiger partial charge in [0.15, 0.2) is 0 Å². The molecule has 0 radical (unpaired) electrons. The third kappa shape index (κ3) is 4.30. The molecule has 0 saturated carbocycles. The highest BCUT2D eigenvalue weighted by molar-refractivity contribution is 6.14. The average Bonchev–Trinajstić information content (AvgIpc) is 3.59. The summed E-state index contributed by atoms with van der Waals surface area (Å²) in [6.45, 7) is 4.67. The Bertz CT molecular complexity index is 2530. The largest absolute Gasteiger partial charge is 0.309 e. The molecule has 5 heteroatoms. The fraction of sp³-hybridized carbons (Fsp3) is 0.0930. The zero-order chi connectivity index (χ0) is 32.4. The molecule has 2 aliphatic rings. The molecule has 48 heavy (non-hydrogen) atoms. The molecule has 1 aliphatic heterocycles. The summed E-state index contributed by atoms with van der Waals surface area (Å²) in [5.41, 5.74) is 12.3. The molecule has 2 heterocycles. The molecule has 2 N–H and O–H groups in total. The highest BCUT2D eigenvalue weighted by Gasteiger charge is 2.36. The lowest BCUT2D eigenvalue weighted by molar-refractivity contribution is -0.510. The first-order valence-corrected chi connectivity index (χ1v) is 16.3. The minimum atomic E-state index is -0.367. The molecule has 9 rings (SSSR count). The number of nitrogens with one attached hydrogen (secondary N) is 2. The van der Waals surface area contributed by atoms with E-state index in [4.69, 9.17) is 4.99 Å². The molecule has 1 atom stereocenters. The van der Waals surface area contributed by atoms with Crippen molar-refractivity contribution in [2.24, 2.45) is 4.99 Å². The predicted molar refractivity (Wildman–Crippen MR) is 193 cm³/mol. The number of aromatic nitrogens is 1. The summed E-state index contributed by atoms with van der Waals surface area (Å²) in [6, 6.07) is 51.1. The Morgan fingerprint density at radius 3 is 2.33 bits per heavy atom. The average molecular weight is 619 g/mol. The molecule has 0 amide bonds. The van der Waals surface area contributed by atoms with Crippen LogP contribution in [-0.4, -0.2) is 16.2 Å². The molecule has 1 aliphatic carbocycles. The Kier molecular flexibility index (Phi) is 6.22. The first-order valence-electron chi connectivity index (χ1n) is 16.3. The number of amidine groups is 2. The zero-order valence-electron chi connectivity index (χ0n) is 26.7. The van der Waals surface area contributed by atoms with Crippen LogP contribution in [-0.2, 0) is 5.41 Å². The SMILES string of the molecule is CC1(C)c2ccccc2-c2cc3c4ccccc4n(-c4cccc(C5=[NH+]C(c6cccc(C#N)c6)N=C(c6ccccc6)N5)c4)c3cc21. The van der Waals surface area contributed by atoms with E-state index in [0.29, 0.717) is 5.56 Å². The minimum Gasteiger partial charge on any atom is -0.309 e. The Morgan fingerprint density at radius 1 is 0.688 bits per heavy atom. The predicted octanol–water partition coefficient (Wildman–Crippen LogP) is 7.54. The Hall–Kier alpha value is -6.25. The van der Waals surface area contributed by atoms with Crippen LogP contribution in [0.2, 0.25) is 0 Å². The Labute approximate surface area is 279 Å². The summed E-state index contributed by atoms with van der Waals surface area (Å²) in [5.74, 6) is 1.63. The van der Waals surface area contributed by atoms with Crippen LogP contribution in [0, 0.1) is 11.3 Å². The van der Waals surface area contributed by atoms with Gasteiger partial charge in [0.25, 0.3) is 5.84 Å². The lowest BCUT2D eigenvalue weighted by Crippen LogP contribution is -2.80. The summed E-state index contributed by atoms with van der Waals surface area (Å²) in [6.07, 6.45) is -0.367. The van der Waals surface area contributed by atoms with E-state index >= 15 is 0 Å². The van der Waals surface area contributed by atoms with E-state index in [9.17, 15) is 5.26 Å². The second-order valence-electron chi connectivity index (χ2n) is 13.1. The van der Waals surface area contributed by atoms with Gasteiger partial charge in [0, 0.05) is 33.0 Å². The van der Waals surface area contributed by atoms with Crippen LogP contribution in [0.5, 0.6) is 0 Å². The van der Waals surface area contributed by atoms with Gasteiger partial charge in [-0.1, -0.05) is 92.7 Å². The molecule has 5 nitrogen and oxygen atoms in total. The molecule has 7 aromatic rings. The molecular weight excluding hydrogens is 587 g/mol. The van der Waals surface area contributed by atoms with Crippen molar-refractivity contribution >= 4 is 33.5 Å². The van der Waals surface area contributed by atoms with Gasteiger partial charge in [0.1, 0.15) is 0 Å². The summed E-state index contributed by atoms with van der Waals surface area (Å²) >= 11 is 0. The Morgan fingerprint density at radius 2 is 1.46 bits per heavy atom.